The van der Waals surface area contributed by atoms with E-state index in [2.05, 4.69) is 10.1 Å². The van der Waals surface area contributed by atoms with E-state index in [9.17, 15) is 9.18 Å². The third kappa shape index (κ3) is 3.73. The van der Waals surface area contributed by atoms with E-state index in [1.807, 2.05) is 0 Å². The molecule has 1 aromatic heterocycles. The molecule has 1 fully saturated rings. The molecule has 1 saturated heterocycles. The smallest absolute Gasteiger partial charge is 0.257 e. The molecular weight excluding hydrogens is 349 g/mol. The van der Waals surface area contributed by atoms with E-state index < -0.39 is 0 Å². The van der Waals surface area contributed by atoms with Gasteiger partial charge in [-0.1, -0.05) is 17.3 Å². The summed E-state index contributed by atoms with van der Waals surface area (Å²) in [6.07, 6.45) is -0.260. The van der Waals surface area contributed by atoms with Crippen LogP contribution in [0, 0.1) is 12.7 Å². The quantitative estimate of drug-likeness (QED) is 0.710. The lowest BCUT2D eigenvalue weighted by Crippen LogP contribution is -2.42. The normalized spacial score (nSPS) is 17.1. The van der Waals surface area contributed by atoms with Gasteiger partial charge in [0.25, 0.3) is 11.8 Å². The highest BCUT2D eigenvalue weighted by Crippen LogP contribution is 2.24. The fourth-order valence-electron chi connectivity index (χ4n) is 3.07. The highest BCUT2D eigenvalue weighted by atomic mass is 19.1. The van der Waals surface area contributed by atoms with Crippen LogP contribution in [-0.2, 0) is 4.74 Å². The monoisotopic (exact) mass is 367 g/mol. The molecule has 1 atom stereocenters. The Morgan fingerprint density at radius 2 is 1.89 bits per heavy atom. The maximum absolute atomic E-state index is 13.1. The van der Waals surface area contributed by atoms with E-state index in [4.69, 9.17) is 9.26 Å². The fourth-order valence-corrected chi connectivity index (χ4v) is 3.07. The maximum atomic E-state index is 13.1. The molecule has 4 rings (SSSR count). The summed E-state index contributed by atoms with van der Waals surface area (Å²) < 4.78 is 24.0. The number of benzene rings is 2. The van der Waals surface area contributed by atoms with Crippen molar-refractivity contribution in [3.8, 4) is 11.5 Å². The van der Waals surface area contributed by atoms with E-state index in [1.54, 1.807) is 48.2 Å². The van der Waals surface area contributed by atoms with Crippen molar-refractivity contribution in [2.24, 2.45) is 0 Å². The lowest BCUT2D eigenvalue weighted by atomic mass is 10.1. The minimum absolute atomic E-state index is 0.0707. The molecule has 1 amide bonds. The molecule has 3 aromatic rings. The van der Waals surface area contributed by atoms with E-state index in [-0.39, 0.29) is 17.8 Å². The van der Waals surface area contributed by atoms with E-state index in [1.165, 1.54) is 12.1 Å². The first-order valence-corrected chi connectivity index (χ1v) is 8.67. The number of carbonyl (C=O) groups excluding carboxylic acids is 1. The number of carbonyl (C=O) groups is 1. The van der Waals surface area contributed by atoms with Crippen LogP contribution < -0.4 is 0 Å². The largest absolute Gasteiger partial charge is 0.370 e. The van der Waals surface area contributed by atoms with Crippen molar-refractivity contribution in [3.05, 3.63) is 71.3 Å². The molecular formula is C20H18FN3O3. The molecule has 1 aliphatic rings. The second-order valence-electron chi connectivity index (χ2n) is 6.39. The Balaban J connectivity index is 1.47. The number of aromatic nitrogens is 2. The van der Waals surface area contributed by atoms with E-state index in [0.717, 1.165) is 11.1 Å². The van der Waals surface area contributed by atoms with Crippen LogP contribution in [-0.4, -0.2) is 40.6 Å². The number of nitrogens with zero attached hydrogens (tertiary/aromatic N) is 3. The molecule has 6 nitrogen and oxygen atoms in total. The third-order valence-electron chi connectivity index (χ3n) is 4.50. The zero-order valence-corrected chi connectivity index (χ0v) is 14.8. The molecule has 0 spiro atoms. The van der Waals surface area contributed by atoms with Gasteiger partial charge in [0, 0.05) is 17.7 Å². The van der Waals surface area contributed by atoms with Crippen LogP contribution in [0.15, 0.2) is 53.1 Å². The van der Waals surface area contributed by atoms with Gasteiger partial charge in [0.1, 0.15) is 11.9 Å². The van der Waals surface area contributed by atoms with Crippen LogP contribution in [0.25, 0.3) is 11.5 Å². The molecule has 27 heavy (non-hydrogen) atoms. The summed E-state index contributed by atoms with van der Waals surface area (Å²) >= 11 is 0. The molecule has 2 aromatic carbocycles. The number of rotatable bonds is 3. The van der Waals surface area contributed by atoms with Crippen molar-refractivity contribution in [3.63, 3.8) is 0 Å². The number of hydrogen-bond donors (Lipinski definition) is 0. The van der Waals surface area contributed by atoms with Crippen LogP contribution in [0.1, 0.15) is 27.8 Å². The average molecular weight is 367 g/mol. The van der Waals surface area contributed by atoms with Gasteiger partial charge in [-0.15, -0.1) is 0 Å². The van der Waals surface area contributed by atoms with Crippen LogP contribution in [0.2, 0.25) is 0 Å². The fraction of sp³-hybridized carbons (Fsp3) is 0.250. The molecule has 138 valence electrons. The van der Waals surface area contributed by atoms with Crippen molar-refractivity contribution in [2.45, 2.75) is 13.0 Å². The zero-order chi connectivity index (χ0) is 18.8. The van der Waals surface area contributed by atoms with Gasteiger partial charge in [-0.25, -0.2) is 4.39 Å². The summed E-state index contributed by atoms with van der Waals surface area (Å²) in [5, 5.41) is 3.77. The topological polar surface area (TPSA) is 68.5 Å². The predicted octanol–water partition coefficient (Wildman–Crippen LogP) is 3.40. The minimum Gasteiger partial charge on any atom is -0.370 e. The molecule has 0 bridgehead atoms. The van der Waals surface area contributed by atoms with E-state index in [0.29, 0.717) is 37.0 Å². The minimum atomic E-state index is -0.293. The first-order valence-electron chi connectivity index (χ1n) is 8.67. The van der Waals surface area contributed by atoms with Crippen LogP contribution in [0.3, 0.4) is 0 Å². The SMILES string of the molecule is Cc1noc(-c2ccc(C(=O)N3CCOC(c4ccc(F)cc4)C3)cc2)n1. The molecule has 0 radical (unpaired) electrons. The number of morpholine rings is 1. The van der Waals surface area contributed by atoms with Gasteiger partial charge in [-0.3, -0.25) is 4.79 Å². The van der Waals surface area contributed by atoms with Gasteiger partial charge in [0.05, 0.1) is 13.2 Å². The van der Waals surface area contributed by atoms with Gasteiger partial charge in [-0.05, 0) is 48.9 Å². The van der Waals surface area contributed by atoms with Crippen LogP contribution in [0.5, 0.6) is 0 Å². The first kappa shape index (κ1) is 17.4. The summed E-state index contributed by atoms with van der Waals surface area (Å²) in [5.74, 6) is 0.622. The number of hydrogen-bond acceptors (Lipinski definition) is 5. The summed E-state index contributed by atoms with van der Waals surface area (Å²) in [7, 11) is 0. The summed E-state index contributed by atoms with van der Waals surface area (Å²) in [5.41, 5.74) is 2.20. The Bertz CT molecular complexity index is 938. The molecule has 0 N–H and O–H groups in total. The van der Waals surface area contributed by atoms with E-state index >= 15 is 0 Å². The zero-order valence-electron chi connectivity index (χ0n) is 14.8. The Morgan fingerprint density at radius 3 is 2.56 bits per heavy atom. The highest BCUT2D eigenvalue weighted by Gasteiger charge is 2.26. The van der Waals surface area contributed by atoms with Crippen molar-refractivity contribution >= 4 is 5.91 Å². The molecule has 0 aliphatic carbocycles. The molecule has 2 heterocycles. The van der Waals surface area contributed by atoms with Gasteiger partial charge >= 0.3 is 0 Å². The molecule has 0 saturated carbocycles. The summed E-state index contributed by atoms with van der Waals surface area (Å²) in [4.78, 5) is 18.8. The molecule has 7 heteroatoms. The second-order valence-corrected chi connectivity index (χ2v) is 6.39. The predicted molar refractivity (Wildman–Crippen MR) is 95.5 cm³/mol. The Kier molecular flexibility index (Phi) is 4.68. The standard InChI is InChI=1S/C20H18FN3O3/c1-13-22-19(27-23-13)15-2-4-16(5-3-15)20(25)24-10-11-26-18(12-24)14-6-8-17(21)9-7-14/h2-9,18H,10-12H2,1H3. The Hall–Kier alpha value is -3.06. The van der Waals surface area contributed by atoms with Crippen molar-refractivity contribution in [1.82, 2.24) is 15.0 Å². The first-order chi connectivity index (χ1) is 13.1. The van der Waals surface area contributed by atoms with Gasteiger partial charge in [0.2, 0.25) is 0 Å². The lowest BCUT2D eigenvalue weighted by Gasteiger charge is -2.33. The maximum Gasteiger partial charge on any atom is 0.257 e. The number of amides is 1. The Morgan fingerprint density at radius 1 is 1.15 bits per heavy atom. The van der Waals surface area contributed by atoms with Gasteiger partial charge in [0.15, 0.2) is 5.82 Å². The third-order valence-corrected chi connectivity index (χ3v) is 4.50. The number of halogens is 1. The highest BCUT2D eigenvalue weighted by molar-refractivity contribution is 5.94. The average Bonchev–Trinajstić information content (AvgIpc) is 3.14. The Labute approximate surface area is 155 Å². The van der Waals surface area contributed by atoms with Crippen molar-refractivity contribution in [2.75, 3.05) is 19.7 Å². The second kappa shape index (κ2) is 7.28. The lowest BCUT2D eigenvalue weighted by molar-refractivity contribution is -0.0228. The summed E-state index contributed by atoms with van der Waals surface area (Å²) in [6, 6.07) is 13.3. The van der Waals surface area contributed by atoms with Crippen molar-refractivity contribution in [1.29, 1.82) is 0 Å². The van der Waals surface area contributed by atoms with Crippen LogP contribution in [0.4, 0.5) is 4.39 Å². The number of ether oxygens (including phenoxy) is 1. The van der Waals surface area contributed by atoms with Gasteiger partial charge < -0.3 is 14.2 Å². The van der Waals surface area contributed by atoms with Crippen molar-refractivity contribution < 1.29 is 18.4 Å². The molecule has 1 unspecified atom stereocenters. The van der Waals surface area contributed by atoms with Crippen LogP contribution >= 0.6 is 0 Å². The molecule has 1 aliphatic heterocycles. The summed E-state index contributed by atoms with van der Waals surface area (Å²) in [6.45, 7) is 3.13. The number of aryl methyl sites for hydroxylation is 1. The van der Waals surface area contributed by atoms with Gasteiger partial charge in [-0.2, -0.15) is 4.98 Å².